The lowest BCUT2D eigenvalue weighted by atomic mass is 10.1. The molecule has 0 aliphatic carbocycles. The fourth-order valence-electron chi connectivity index (χ4n) is 2.58. The lowest BCUT2D eigenvalue weighted by Gasteiger charge is -2.14. The second kappa shape index (κ2) is 5.53. The minimum Gasteiger partial charge on any atom is -0.337 e. The number of amides is 1. The Labute approximate surface area is 120 Å². The fourth-order valence-corrected chi connectivity index (χ4v) is 3.66. The summed E-state index contributed by atoms with van der Waals surface area (Å²) in [6.07, 6.45) is 0.490. The monoisotopic (exact) mass is 286 g/mol. The van der Waals surface area contributed by atoms with Gasteiger partial charge in [-0.05, 0) is 29.0 Å². The first-order chi connectivity index (χ1) is 9.76. The van der Waals surface area contributed by atoms with Crippen molar-refractivity contribution >= 4 is 27.3 Å². The summed E-state index contributed by atoms with van der Waals surface area (Å²) >= 11 is 1.73. The number of rotatable bonds is 4. The molecule has 1 aromatic heterocycles. The molecule has 5 nitrogen and oxygen atoms in total. The minimum absolute atomic E-state index is 0.153. The molecule has 2 heterocycles. The lowest BCUT2D eigenvalue weighted by molar-refractivity contribution is -0.128. The van der Waals surface area contributed by atoms with Crippen LogP contribution in [0.15, 0.2) is 35.4 Å². The predicted molar refractivity (Wildman–Crippen MR) is 79.4 cm³/mol. The zero-order valence-corrected chi connectivity index (χ0v) is 11.7. The van der Waals surface area contributed by atoms with Gasteiger partial charge < -0.3 is 4.90 Å². The van der Waals surface area contributed by atoms with E-state index in [2.05, 4.69) is 28.2 Å². The van der Waals surface area contributed by atoms with Crippen LogP contribution in [0.5, 0.6) is 0 Å². The molecule has 1 aliphatic heterocycles. The number of thiophene rings is 1. The standard InChI is InChI=1S/C14H14N4OS/c15-17-16-7-10-5-14(19)18(8-10)9-12-6-11-3-1-2-4-13(11)20-12/h1-4,6,10H,5,7-9H2. The molecular weight excluding hydrogens is 272 g/mol. The number of fused-ring (bicyclic) bond motifs is 1. The van der Waals surface area contributed by atoms with E-state index in [0.29, 0.717) is 26.1 Å². The molecule has 1 saturated heterocycles. The summed E-state index contributed by atoms with van der Waals surface area (Å²) in [7, 11) is 0. The number of nitrogens with zero attached hydrogens (tertiary/aromatic N) is 4. The summed E-state index contributed by atoms with van der Waals surface area (Å²) in [5, 5.41) is 4.80. The Morgan fingerprint density at radius 3 is 3.10 bits per heavy atom. The second-order valence-electron chi connectivity index (χ2n) is 5.01. The molecule has 1 aromatic carbocycles. The summed E-state index contributed by atoms with van der Waals surface area (Å²) < 4.78 is 1.25. The number of hydrogen-bond donors (Lipinski definition) is 0. The van der Waals surface area contributed by atoms with Crippen LogP contribution in [0, 0.1) is 5.92 Å². The number of carbonyl (C=O) groups is 1. The van der Waals surface area contributed by atoms with Gasteiger partial charge in [0.25, 0.3) is 0 Å². The first-order valence-electron chi connectivity index (χ1n) is 6.52. The van der Waals surface area contributed by atoms with E-state index >= 15 is 0 Å². The van der Waals surface area contributed by atoms with Crippen LogP contribution < -0.4 is 0 Å². The van der Waals surface area contributed by atoms with Crippen LogP contribution >= 0.6 is 11.3 Å². The van der Waals surface area contributed by atoms with Gasteiger partial charge in [0.05, 0.1) is 6.54 Å². The minimum atomic E-state index is 0.153. The Hall–Kier alpha value is -2.04. The van der Waals surface area contributed by atoms with Gasteiger partial charge in [-0.25, -0.2) is 0 Å². The van der Waals surface area contributed by atoms with Crippen LogP contribution in [-0.2, 0) is 11.3 Å². The maximum atomic E-state index is 12.0. The van der Waals surface area contributed by atoms with E-state index in [1.165, 1.54) is 15.0 Å². The maximum Gasteiger partial charge on any atom is 0.223 e. The number of carbonyl (C=O) groups excluding carboxylic acids is 1. The SMILES string of the molecule is [N-]=[N+]=NCC1CC(=O)N(Cc2cc3ccccc3s2)C1. The van der Waals surface area contributed by atoms with Crippen LogP contribution in [0.25, 0.3) is 20.5 Å². The average Bonchev–Trinajstić information content (AvgIpc) is 3.00. The van der Waals surface area contributed by atoms with Crippen LogP contribution in [-0.4, -0.2) is 23.9 Å². The molecule has 6 heteroatoms. The van der Waals surface area contributed by atoms with Crippen LogP contribution in [0.3, 0.4) is 0 Å². The van der Waals surface area contributed by atoms with Crippen molar-refractivity contribution in [2.24, 2.45) is 11.0 Å². The van der Waals surface area contributed by atoms with E-state index in [-0.39, 0.29) is 11.8 Å². The molecule has 102 valence electrons. The van der Waals surface area contributed by atoms with E-state index < -0.39 is 0 Å². The largest absolute Gasteiger partial charge is 0.337 e. The van der Waals surface area contributed by atoms with Crippen molar-refractivity contribution in [3.8, 4) is 0 Å². The van der Waals surface area contributed by atoms with Gasteiger partial charge in [-0.3, -0.25) is 4.79 Å². The molecule has 20 heavy (non-hydrogen) atoms. The van der Waals surface area contributed by atoms with Crippen LogP contribution in [0.2, 0.25) is 0 Å². The Balaban J connectivity index is 1.71. The third-order valence-corrected chi connectivity index (χ3v) is 4.62. The highest BCUT2D eigenvalue weighted by molar-refractivity contribution is 7.19. The average molecular weight is 286 g/mol. The zero-order chi connectivity index (χ0) is 13.9. The third kappa shape index (κ3) is 2.61. The molecule has 0 N–H and O–H groups in total. The van der Waals surface area contributed by atoms with Crippen molar-refractivity contribution in [2.45, 2.75) is 13.0 Å². The molecule has 2 aromatic rings. The van der Waals surface area contributed by atoms with E-state index in [1.54, 1.807) is 11.3 Å². The Morgan fingerprint density at radius 2 is 2.30 bits per heavy atom. The quantitative estimate of drug-likeness (QED) is 0.481. The topological polar surface area (TPSA) is 69.1 Å². The van der Waals surface area contributed by atoms with Gasteiger partial charge in [0.2, 0.25) is 5.91 Å². The molecule has 1 unspecified atom stereocenters. The van der Waals surface area contributed by atoms with Crippen LogP contribution in [0.4, 0.5) is 0 Å². The molecule has 3 rings (SSSR count). The van der Waals surface area contributed by atoms with Gasteiger partial charge in [0, 0.05) is 34.0 Å². The van der Waals surface area contributed by atoms with Crippen molar-refractivity contribution in [1.82, 2.24) is 4.90 Å². The van der Waals surface area contributed by atoms with Gasteiger partial charge in [-0.1, -0.05) is 23.3 Å². The number of hydrogen-bond acceptors (Lipinski definition) is 3. The summed E-state index contributed by atoms with van der Waals surface area (Å²) in [4.78, 5) is 17.8. The Morgan fingerprint density at radius 1 is 1.45 bits per heavy atom. The highest BCUT2D eigenvalue weighted by Crippen LogP contribution is 2.28. The van der Waals surface area contributed by atoms with E-state index in [4.69, 9.17) is 5.53 Å². The van der Waals surface area contributed by atoms with Crippen molar-refractivity contribution in [2.75, 3.05) is 13.1 Å². The van der Waals surface area contributed by atoms with E-state index in [0.717, 1.165) is 0 Å². The highest BCUT2D eigenvalue weighted by Gasteiger charge is 2.29. The van der Waals surface area contributed by atoms with Gasteiger partial charge >= 0.3 is 0 Å². The Kier molecular flexibility index (Phi) is 3.58. The van der Waals surface area contributed by atoms with E-state index in [9.17, 15) is 4.79 Å². The summed E-state index contributed by atoms with van der Waals surface area (Å²) in [5.41, 5.74) is 8.34. The maximum absolute atomic E-state index is 12.0. The first-order valence-corrected chi connectivity index (χ1v) is 7.34. The van der Waals surface area contributed by atoms with Crippen molar-refractivity contribution < 1.29 is 4.79 Å². The number of likely N-dealkylation sites (tertiary alicyclic amines) is 1. The molecule has 0 bridgehead atoms. The van der Waals surface area contributed by atoms with Gasteiger partial charge in [-0.15, -0.1) is 11.3 Å². The van der Waals surface area contributed by atoms with Gasteiger partial charge in [-0.2, -0.15) is 0 Å². The smallest absolute Gasteiger partial charge is 0.223 e. The number of benzene rings is 1. The second-order valence-corrected chi connectivity index (χ2v) is 6.18. The number of azide groups is 1. The van der Waals surface area contributed by atoms with Crippen molar-refractivity contribution in [3.63, 3.8) is 0 Å². The van der Waals surface area contributed by atoms with Crippen molar-refractivity contribution in [1.29, 1.82) is 0 Å². The summed E-state index contributed by atoms with van der Waals surface area (Å²) in [6, 6.07) is 10.4. The third-order valence-electron chi connectivity index (χ3n) is 3.52. The normalized spacial score (nSPS) is 18.5. The van der Waals surface area contributed by atoms with E-state index in [1.807, 2.05) is 17.0 Å². The van der Waals surface area contributed by atoms with Gasteiger partial charge in [0.15, 0.2) is 0 Å². The lowest BCUT2D eigenvalue weighted by Crippen LogP contribution is -2.24. The molecule has 0 radical (unpaired) electrons. The molecule has 1 aliphatic rings. The molecule has 1 fully saturated rings. The summed E-state index contributed by atoms with van der Waals surface area (Å²) in [5.74, 6) is 0.313. The summed E-state index contributed by atoms with van der Waals surface area (Å²) in [6.45, 7) is 1.75. The fraction of sp³-hybridized carbons (Fsp3) is 0.357. The first kappa shape index (κ1) is 13.0. The van der Waals surface area contributed by atoms with Crippen LogP contribution in [0.1, 0.15) is 11.3 Å². The highest BCUT2D eigenvalue weighted by atomic mass is 32.1. The zero-order valence-electron chi connectivity index (χ0n) is 10.9. The molecule has 1 amide bonds. The van der Waals surface area contributed by atoms with Crippen molar-refractivity contribution in [3.05, 3.63) is 45.7 Å². The predicted octanol–water partition coefficient (Wildman–Crippen LogP) is 3.56. The molecule has 1 atom stereocenters. The Bertz CT molecular complexity index is 656. The van der Waals surface area contributed by atoms with Gasteiger partial charge in [0.1, 0.15) is 0 Å². The molecular formula is C14H14N4OS. The molecule has 0 spiro atoms. The molecule has 0 saturated carbocycles.